The molecule has 0 saturated heterocycles. The van der Waals surface area contributed by atoms with Crippen LogP contribution in [0.3, 0.4) is 0 Å². The third-order valence-corrected chi connectivity index (χ3v) is 8.68. The molecule has 0 spiro atoms. The SMILES string of the molecule is CCCOc1ccc(C2C(C(=O)C=Cc3ccccc3)=C(O)C(=O)N2c2nnc(SCc3ccccc3)s2)cc1OCC. The molecule has 0 saturated carbocycles. The Morgan fingerprint density at radius 1 is 1.00 bits per heavy atom. The average molecular weight is 614 g/mol. The number of hydrogen-bond donors (Lipinski definition) is 1. The van der Waals surface area contributed by atoms with Gasteiger partial charge in [-0.15, -0.1) is 10.2 Å². The number of aliphatic hydroxyl groups is 1. The molecule has 1 amide bonds. The van der Waals surface area contributed by atoms with E-state index in [4.69, 9.17) is 9.47 Å². The van der Waals surface area contributed by atoms with E-state index in [1.54, 1.807) is 24.3 Å². The highest BCUT2D eigenvalue weighted by Gasteiger charge is 2.45. The van der Waals surface area contributed by atoms with Crippen LogP contribution in [-0.2, 0) is 15.3 Å². The molecule has 5 rings (SSSR count). The lowest BCUT2D eigenvalue weighted by molar-refractivity contribution is -0.117. The Morgan fingerprint density at radius 2 is 1.74 bits per heavy atom. The lowest BCUT2D eigenvalue weighted by Gasteiger charge is -2.24. The number of rotatable bonds is 13. The topological polar surface area (TPSA) is 102 Å². The van der Waals surface area contributed by atoms with Gasteiger partial charge < -0.3 is 14.6 Å². The molecule has 1 aliphatic rings. The van der Waals surface area contributed by atoms with Crippen LogP contribution in [0.2, 0.25) is 0 Å². The molecule has 0 aliphatic carbocycles. The van der Waals surface area contributed by atoms with Crippen molar-refractivity contribution in [2.45, 2.75) is 36.4 Å². The quantitative estimate of drug-likeness (QED) is 0.0960. The maximum absolute atomic E-state index is 13.6. The van der Waals surface area contributed by atoms with Crippen molar-refractivity contribution in [2.75, 3.05) is 18.1 Å². The van der Waals surface area contributed by atoms with Crippen LogP contribution in [0.25, 0.3) is 6.08 Å². The van der Waals surface area contributed by atoms with Gasteiger partial charge in [-0.1, -0.05) is 103 Å². The maximum atomic E-state index is 13.6. The predicted molar refractivity (Wildman–Crippen MR) is 170 cm³/mol. The first-order valence-corrected chi connectivity index (χ1v) is 15.7. The normalized spacial score (nSPS) is 15.0. The van der Waals surface area contributed by atoms with Crippen molar-refractivity contribution < 1.29 is 24.2 Å². The standard InChI is InChI=1S/C33H31N3O5S2/c1-3-19-41-26-18-16-24(20-27(26)40-4-2)29-28(25(37)17-15-22-11-7-5-8-12-22)30(38)31(39)36(29)32-34-35-33(43-32)42-21-23-13-9-6-10-14-23/h5-18,20,29,38H,3-4,19,21H2,1-2H3. The monoisotopic (exact) mass is 613 g/mol. The first kappa shape index (κ1) is 30.1. The molecule has 220 valence electrons. The van der Waals surface area contributed by atoms with Crippen molar-refractivity contribution in [1.29, 1.82) is 0 Å². The molecule has 2 heterocycles. The second-order valence-corrected chi connectivity index (χ2v) is 11.7. The third kappa shape index (κ3) is 6.98. The van der Waals surface area contributed by atoms with E-state index in [9.17, 15) is 14.7 Å². The van der Waals surface area contributed by atoms with E-state index in [0.29, 0.717) is 40.4 Å². The summed E-state index contributed by atoms with van der Waals surface area (Å²) < 4.78 is 12.4. The molecular weight excluding hydrogens is 583 g/mol. The number of carbonyl (C=O) groups is 2. The number of carbonyl (C=O) groups excluding carboxylic acids is 2. The van der Waals surface area contributed by atoms with Gasteiger partial charge in [0.1, 0.15) is 0 Å². The summed E-state index contributed by atoms with van der Waals surface area (Å²) in [6.45, 7) is 4.78. The molecule has 10 heteroatoms. The zero-order valence-corrected chi connectivity index (χ0v) is 25.4. The van der Waals surface area contributed by atoms with Crippen molar-refractivity contribution in [1.82, 2.24) is 10.2 Å². The maximum Gasteiger partial charge on any atom is 0.296 e. The number of aromatic nitrogens is 2. The highest BCUT2D eigenvalue weighted by Crippen LogP contribution is 2.45. The summed E-state index contributed by atoms with van der Waals surface area (Å²) >= 11 is 2.73. The Bertz CT molecular complexity index is 1640. The van der Waals surface area contributed by atoms with Crippen LogP contribution in [0.1, 0.15) is 43.0 Å². The number of nitrogens with zero attached hydrogens (tertiary/aromatic N) is 3. The highest BCUT2D eigenvalue weighted by atomic mass is 32.2. The third-order valence-electron chi connectivity index (χ3n) is 6.55. The molecule has 43 heavy (non-hydrogen) atoms. The van der Waals surface area contributed by atoms with Gasteiger partial charge in [-0.3, -0.25) is 14.5 Å². The minimum Gasteiger partial charge on any atom is -0.503 e. The number of allylic oxidation sites excluding steroid dienone is 1. The Balaban J connectivity index is 1.52. The Hall–Kier alpha value is -4.41. The van der Waals surface area contributed by atoms with Crippen LogP contribution in [0, 0.1) is 0 Å². The molecule has 4 aromatic rings. The number of thioether (sulfide) groups is 1. The largest absolute Gasteiger partial charge is 0.503 e. The van der Waals surface area contributed by atoms with Crippen molar-refractivity contribution in [3.05, 3.63) is 113 Å². The van der Waals surface area contributed by atoms with E-state index in [1.807, 2.05) is 74.5 Å². The lowest BCUT2D eigenvalue weighted by atomic mass is 9.95. The predicted octanol–water partition coefficient (Wildman–Crippen LogP) is 7.20. The Labute approximate surface area is 258 Å². The molecule has 1 atom stereocenters. The summed E-state index contributed by atoms with van der Waals surface area (Å²) in [6.07, 6.45) is 3.85. The number of hydrogen-bond acceptors (Lipinski definition) is 9. The van der Waals surface area contributed by atoms with Gasteiger partial charge >= 0.3 is 0 Å². The highest BCUT2D eigenvalue weighted by molar-refractivity contribution is 8.00. The summed E-state index contributed by atoms with van der Waals surface area (Å²) in [5, 5.41) is 20.0. The van der Waals surface area contributed by atoms with Gasteiger partial charge in [0.25, 0.3) is 5.91 Å². The molecule has 1 aromatic heterocycles. The van der Waals surface area contributed by atoms with Crippen molar-refractivity contribution in [2.24, 2.45) is 0 Å². The summed E-state index contributed by atoms with van der Waals surface area (Å²) in [5.74, 6) is -0.109. The van der Waals surface area contributed by atoms with Crippen molar-refractivity contribution in [3.8, 4) is 11.5 Å². The second kappa shape index (κ2) is 14.2. The van der Waals surface area contributed by atoms with Gasteiger partial charge in [-0.2, -0.15) is 0 Å². The minimum atomic E-state index is -0.959. The zero-order chi connectivity index (χ0) is 30.2. The molecule has 1 aliphatic heterocycles. The van der Waals surface area contributed by atoms with Gasteiger partial charge in [-0.05, 0) is 48.2 Å². The number of ether oxygens (including phenoxy) is 2. The number of amides is 1. The van der Waals surface area contributed by atoms with Crippen LogP contribution in [0.5, 0.6) is 11.5 Å². The zero-order valence-electron chi connectivity index (χ0n) is 23.8. The molecule has 1 N–H and O–H groups in total. The molecule has 0 bridgehead atoms. The van der Waals surface area contributed by atoms with E-state index >= 15 is 0 Å². The average Bonchev–Trinajstić information content (AvgIpc) is 3.61. The first-order chi connectivity index (χ1) is 21.0. The molecule has 0 radical (unpaired) electrons. The summed E-state index contributed by atoms with van der Waals surface area (Å²) in [7, 11) is 0. The fourth-order valence-corrected chi connectivity index (χ4v) is 6.39. The van der Waals surface area contributed by atoms with Crippen molar-refractivity contribution >= 4 is 46.0 Å². The second-order valence-electron chi connectivity index (χ2n) is 9.56. The number of ketones is 1. The summed E-state index contributed by atoms with van der Waals surface area (Å²) in [6, 6.07) is 23.6. The van der Waals surface area contributed by atoms with Crippen LogP contribution < -0.4 is 14.4 Å². The van der Waals surface area contributed by atoms with E-state index in [-0.39, 0.29) is 10.7 Å². The van der Waals surface area contributed by atoms with Gasteiger partial charge in [0.15, 0.2) is 27.4 Å². The fraction of sp³-hybridized carbons (Fsp3) is 0.212. The first-order valence-electron chi connectivity index (χ1n) is 13.9. The lowest BCUT2D eigenvalue weighted by Crippen LogP contribution is -2.31. The molecule has 0 fully saturated rings. The number of anilines is 1. The van der Waals surface area contributed by atoms with Crippen molar-refractivity contribution in [3.63, 3.8) is 0 Å². The van der Waals surface area contributed by atoms with E-state index in [1.165, 1.54) is 34.1 Å². The van der Waals surface area contributed by atoms with E-state index in [2.05, 4.69) is 10.2 Å². The number of benzene rings is 3. The Morgan fingerprint density at radius 3 is 2.47 bits per heavy atom. The van der Waals surface area contributed by atoms with Crippen LogP contribution in [-0.4, -0.2) is 40.2 Å². The Kier molecular flexibility index (Phi) is 9.91. The molecule has 1 unspecified atom stereocenters. The molecule has 3 aromatic carbocycles. The fourth-order valence-electron chi connectivity index (χ4n) is 4.57. The van der Waals surface area contributed by atoms with Crippen LogP contribution in [0.15, 0.2) is 101 Å². The van der Waals surface area contributed by atoms with Crippen LogP contribution in [0.4, 0.5) is 5.13 Å². The summed E-state index contributed by atoms with van der Waals surface area (Å²) in [4.78, 5) is 28.6. The van der Waals surface area contributed by atoms with E-state index in [0.717, 1.165) is 17.5 Å². The summed E-state index contributed by atoms with van der Waals surface area (Å²) in [5.41, 5.74) is 2.46. The van der Waals surface area contributed by atoms with Crippen LogP contribution >= 0.6 is 23.1 Å². The van der Waals surface area contributed by atoms with Gasteiger partial charge in [-0.25, -0.2) is 0 Å². The van der Waals surface area contributed by atoms with Gasteiger partial charge in [0.05, 0.1) is 24.8 Å². The van der Waals surface area contributed by atoms with Gasteiger partial charge in [0.2, 0.25) is 5.13 Å². The minimum absolute atomic E-state index is 0.0458. The molecular formula is C33H31N3O5S2. The smallest absolute Gasteiger partial charge is 0.296 e. The number of aliphatic hydroxyl groups excluding tert-OH is 1. The molecule has 8 nitrogen and oxygen atoms in total. The van der Waals surface area contributed by atoms with Gasteiger partial charge in [0, 0.05) is 5.75 Å². The van der Waals surface area contributed by atoms with E-state index < -0.39 is 23.5 Å².